The summed E-state index contributed by atoms with van der Waals surface area (Å²) in [5.74, 6) is 1.80. The highest BCUT2D eigenvalue weighted by molar-refractivity contribution is 7.98. The third-order valence-corrected chi connectivity index (χ3v) is 4.47. The van der Waals surface area contributed by atoms with Gasteiger partial charge in [0, 0.05) is 30.0 Å². The fourth-order valence-electron chi connectivity index (χ4n) is 2.48. The number of nitrogens with one attached hydrogen (secondary N) is 2. The van der Waals surface area contributed by atoms with Gasteiger partial charge in [-0.1, -0.05) is 0 Å². The SMILES string of the molecule is CSc1cc2c(cc1NC(=O)NC[C@H]1CCOC1)OCCO2. The Bertz CT molecular complexity index is 547. The molecule has 0 radical (unpaired) electrons. The highest BCUT2D eigenvalue weighted by Gasteiger charge is 2.19. The van der Waals surface area contributed by atoms with E-state index in [9.17, 15) is 4.79 Å². The summed E-state index contributed by atoms with van der Waals surface area (Å²) in [7, 11) is 0. The molecule has 2 heterocycles. The molecule has 1 atom stereocenters. The van der Waals surface area contributed by atoms with Gasteiger partial charge in [-0.15, -0.1) is 11.8 Å². The molecule has 22 heavy (non-hydrogen) atoms. The largest absolute Gasteiger partial charge is 0.486 e. The molecule has 120 valence electrons. The molecule has 0 saturated carbocycles. The van der Waals surface area contributed by atoms with Crippen LogP contribution >= 0.6 is 11.8 Å². The predicted molar refractivity (Wildman–Crippen MR) is 85.2 cm³/mol. The fraction of sp³-hybridized carbons (Fsp3) is 0.533. The minimum absolute atomic E-state index is 0.209. The molecule has 1 aromatic carbocycles. The van der Waals surface area contributed by atoms with Crippen molar-refractivity contribution in [1.82, 2.24) is 5.32 Å². The first-order valence-electron chi connectivity index (χ1n) is 7.36. The number of carbonyl (C=O) groups is 1. The maximum Gasteiger partial charge on any atom is 0.319 e. The van der Waals surface area contributed by atoms with Crippen molar-refractivity contribution in [2.75, 3.05) is 44.5 Å². The van der Waals surface area contributed by atoms with E-state index in [-0.39, 0.29) is 6.03 Å². The number of anilines is 1. The van der Waals surface area contributed by atoms with Gasteiger partial charge in [0.15, 0.2) is 11.5 Å². The molecular weight excluding hydrogens is 304 g/mol. The highest BCUT2D eigenvalue weighted by Crippen LogP contribution is 2.39. The Morgan fingerprint density at radius 2 is 2.05 bits per heavy atom. The second-order valence-corrected chi connectivity index (χ2v) is 6.11. The van der Waals surface area contributed by atoms with Gasteiger partial charge in [-0.25, -0.2) is 4.79 Å². The molecule has 6 nitrogen and oxygen atoms in total. The second kappa shape index (κ2) is 7.11. The summed E-state index contributed by atoms with van der Waals surface area (Å²) < 4.78 is 16.4. The summed E-state index contributed by atoms with van der Waals surface area (Å²) in [6.07, 6.45) is 2.96. The number of amides is 2. The van der Waals surface area contributed by atoms with Crippen LogP contribution in [0.25, 0.3) is 0 Å². The van der Waals surface area contributed by atoms with Crippen molar-refractivity contribution in [2.24, 2.45) is 5.92 Å². The van der Waals surface area contributed by atoms with E-state index in [1.54, 1.807) is 11.8 Å². The van der Waals surface area contributed by atoms with Crippen molar-refractivity contribution in [1.29, 1.82) is 0 Å². The first-order chi connectivity index (χ1) is 10.8. The third-order valence-electron chi connectivity index (χ3n) is 3.69. The maximum absolute atomic E-state index is 12.1. The Morgan fingerprint density at radius 3 is 2.73 bits per heavy atom. The van der Waals surface area contributed by atoms with Gasteiger partial charge in [0.1, 0.15) is 13.2 Å². The van der Waals surface area contributed by atoms with E-state index < -0.39 is 0 Å². The lowest BCUT2D eigenvalue weighted by atomic mass is 10.1. The summed E-state index contributed by atoms with van der Waals surface area (Å²) in [5, 5.41) is 5.78. The third kappa shape index (κ3) is 3.59. The molecule has 3 rings (SSSR count). The summed E-state index contributed by atoms with van der Waals surface area (Å²) in [6, 6.07) is 3.51. The van der Waals surface area contributed by atoms with Crippen molar-refractivity contribution < 1.29 is 19.0 Å². The number of fused-ring (bicyclic) bond motifs is 1. The van der Waals surface area contributed by atoms with E-state index in [0.29, 0.717) is 31.4 Å². The van der Waals surface area contributed by atoms with Crippen molar-refractivity contribution in [3.8, 4) is 11.5 Å². The quantitative estimate of drug-likeness (QED) is 0.832. The van der Waals surface area contributed by atoms with Gasteiger partial charge in [0.05, 0.1) is 12.3 Å². The Labute approximate surface area is 133 Å². The van der Waals surface area contributed by atoms with Crippen LogP contribution in [0.15, 0.2) is 17.0 Å². The summed E-state index contributed by atoms with van der Waals surface area (Å²) in [5.41, 5.74) is 0.733. The van der Waals surface area contributed by atoms with Gasteiger partial charge in [-0.05, 0) is 18.7 Å². The van der Waals surface area contributed by atoms with Crippen molar-refractivity contribution in [3.63, 3.8) is 0 Å². The molecule has 1 saturated heterocycles. The standard InChI is InChI=1S/C15H20N2O4S/c1-22-14-7-13-12(20-4-5-21-13)6-11(14)17-15(18)16-8-10-2-3-19-9-10/h6-7,10H,2-5,8-9H2,1H3,(H2,16,17,18)/t10-/m1/s1. The normalized spacial score (nSPS) is 19.8. The van der Waals surface area contributed by atoms with Crippen molar-refractivity contribution >= 4 is 23.5 Å². The van der Waals surface area contributed by atoms with Crippen LogP contribution in [-0.2, 0) is 4.74 Å². The van der Waals surface area contributed by atoms with Crippen molar-refractivity contribution in [3.05, 3.63) is 12.1 Å². The predicted octanol–water partition coefficient (Wildman–Crippen LogP) is 2.34. The maximum atomic E-state index is 12.1. The van der Waals surface area contributed by atoms with Crippen LogP contribution in [0.4, 0.5) is 10.5 Å². The van der Waals surface area contributed by atoms with Crippen LogP contribution in [0.2, 0.25) is 0 Å². The summed E-state index contributed by atoms with van der Waals surface area (Å²) >= 11 is 1.56. The van der Waals surface area contributed by atoms with Gasteiger partial charge in [-0.3, -0.25) is 0 Å². The number of carbonyl (C=O) groups excluding carboxylic acids is 1. The van der Waals surface area contributed by atoms with E-state index in [1.165, 1.54) is 0 Å². The Hall–Kier alpha value is -1.60. The summed E-state index contributed by atoms with van der Waals surface area (Å²) in [6.45, 7) is 3.22. The minimum atomic E-state index is -0.209. The molecule has 2 N–H and O–H groups in total. The Balaban J connectivity index is 1.64. The number of rotatable bonds is 4. The Kier molecular flexibility index (Phi) is 4.94. The smallest absolute Gasteiger partial charge is 0.319 e. The number of benzene rings is 1. The molecule has 1 aromatic rings. The molecule has 0 bridgehead atoms. The van der Waals surface area contributed by atoms with Crippen LogP contribution in [0.1, 0.15) is 6.42 Å². The van der Waals surface area contributed by atoms with Gasteiger partial charge in [-0.2, -0.15) is 0 Å². The number of hydrogen-bond acceptors (Lipinski definition) is 5. The van der Waals surface area contributed by atoms with E-state index in [4.69, 9.17) is 14.2 Å². The molecule has 2 aliphatic rings. The first kappa shape index (κ1) is 15.3. The van der Waals surface area contributed by atoms with E-state index in [0.717, 1.165) is 36.0 Å². The van der Waals surface area contributed by atoms with Gasteiger partial charge < -0.3 is 24.8 Å². The van der Waals surface area contributed by atoms with Crippen LogP contribution in [0.5, 0.6) is 11.5 Å². The minimum Gasteiger partial charge on any atom is -0.486 e. The van der Waals surface area contributed by atoms with Crippen molar-refractivity contribution in [2.45, 2.75) is 11.3 Å². The molecule has 0 unspecified atom stereocenters. The first-order valence-corrected chi connectivity index (χ1v) is 8.59. The van der Waals surface area contributed by atoms with Gasteiger partial charge >= 0.3 is 6.03 Å². The van der Waals surface area contributed by atoms with E-state index in [1.807, 2.05) is 18.4 Å². The van der Waals surface area contributed by atoms with Crippen LogP contribution < -0.4 is 20.1 Å². The topological polar surface area (TPSA) is 68.8 Å². The zero-order chi connectivity index (χ0) is 15.4. The lowest BCUT2D eigenvalue weighted by molar-refractivity contribution is 0.171. The van der Waals surface area contributed by atoms with E-state index >= 15 is 0 Å². The average molecular weight is 324 g/mol. The van der Waals surface area contributed by atoms with Crippen LogP contribution in [0.3, 0.4) is 0 Å². The molecule has 2 aliphatic heterocycles. The molecule has 0 aliphatic carbocycles. The van der Waals surface area contributed by atoms with Crippen LogP contribution in [-0.4, -0.2) is 45.3 Å². The summed E-state index contributed by atoms with van der Waals surface area (Å²) in [4.78, 5) is 13.0. The fourth-order valence-corrected chi connectivity index (χ4v) is 3.04. The number of ether oxygens (including phenoxy) is 3. The van der Waals surface area contributed by atoms with Gasteiger partial charge in [0.25, 0.3) is 0 Å². The zero-order valence-corrected chi connectivity index (χ0v) is 13.3. The second-order valence-electron chi connectivity index (χ2n) is 5.26. The number of hydrogen-bond donors (Lipinski definition) is 2. The van der Waals surface area contributed by atoms with Crippen LogP contribution in [0, 0.1) is 5.92 Å². The van der Waals surface area contributed by atoms with Gasteiger partial charge in [0.2, 0.25) is 0 Å². The number of urea groups is 1. The number of thioether (sulfide) groups is 1. The zero-order valence-electron chi connectivity index (χ0n) is 12.5. The van der Waals surface area contributed by atoms with E-state index in [2.05, 4.69) is 10.6 Å². The molecule has 0 aromatic heterocycles. The molecule has 2 amide bonds. The lowest BCUT2D eigenvalue weighted by Gasteiger charge is -2.21. The molecule has 1 fully saturated rings. The monoisotopic (exact) mass is 324 g/mol. The highest BCUT2D eigenvalue weighted by atomic mass is 32.2. The Morgan fingerprint density at radius 1 is 1.27 bits per heavy atom. The average Bonchev–Trinajstić information content (AvgIpc) is 3.05. The molecule has 7 heteroatoms. The lowest BCUT2D eigenvalue weighted by Crippen LogP contribution is -2.33. The molecule has 0 spiro atoms. The molecular formula is C15H20N2O4S.